The highest BCUT2D eigenvalue weighted by atomic mass is 19.1. The van der Waals surface area contributed by atoms with Gasteiger partial charge >= 0.3 is 0 Å². The SMILES string of the molecule is COc1cccc([C@@H](Oc2ccc3c(cnn3-c3ccc(F)cc3)c2)[C@H](C)NC(=O)c2cc(C)c(C)o2)c1. The van der Waals surface area contributed by atoms with E-state index in [2.05, 4.69) is 10.4 Å². The van der Waals surface area contributed by atoms with Crippen LogP contribution >= 0.6 is 0 Å². The van der Waals surface area contributed by atoms with Gasteiger partial charge in [0, 0.05) is 5.39 Å². The average molecular weight is 514 g/mol. The number of hydrogen-bond acceptors (Lipinski definition) is 5. The average Bonchev–Trinajstić information content (AvgIpc) is 3.50. The van der Waals surface area contributed by atoms with Crippen LogP contribution in [0.25, 0.3) is 16.6 Å². The molecule has 0 spiro atoms. The van der Waals surface area contributed by atoms with Crippen molar-refractivity contribution < 1.29 is 23.1 Å². The normalized spacial score (nSPS) is 12.8. The first-order valence-electron chi connectivity index (χ1n) is 12.2. The van der Waals surface area contributed by atoms with Gasteiger partial charge in [-0.15, -0.1) is 0 Å². The van der Waals surface area contributed by atoms with E-state index in [9.17, 15) is 9.18 Å². The topological polar surface area (TPSA) is 78.5 Å². The van der Waals surface area contributed by atoms with Crippen molar-refractivity contribution in [1.29, 1.82) is 0 Å². The molecule has 0 radical (unpaired) electrons. The molecule has 3 aromatic carbocycles. The van der Waals surface area contributed by atoms with Crippen molar-refractivity contribution in [3.05, 3.63) is 107 Å². The van der Waals surface area contributed by atoms with Gasteiger partial charge in [-0.25, -0.2) is 9.07 Å². The van der Waals surface area contributed by atoms with Gasteiger partial charge in [0.2, 0.25) is 0 Å². The number of furan rings is 1. The number of halogens is 1. The molecule has 8 heteroatoms. The lowest BCUT2D eigenvalue weighted by Crippen LogP contribution is -2.39. The Morgan fingerprint density at radius 1 is 1.03 bits per heavy atom. The number of hydrogen-bond donors (Lipinski definition) is 1. The lowest BCUT2D eigenvalue weighted by Gasteiger charge is -2.26. The van der Waals surface area contributed by atoms with Crippen molar-refractivity contribution in [1.82, 2.24) is 15.1 Å². The number of carbonyl (C=O) groups is 1. The Morgan fingerprint density at radius 2 is 1.82 bits per heavy atom. The first-order chi connectivity index (χ1) is 18.3. The molecule has 2 atom stereocenters. The highest BCUT2D eigenvalue weighted by molar-refractivity contribution is 5.92. The largest absolute Gasteiger partial charge is 0.497 e. The van der Waals surface area contributed by atoms with Gasteiger partial charge in [0.15, 0.2) is 5.76 Å². The van der Waals surface area contributed by atoms with Crippen molar-refractivity contribution in [2.45, 2.75) is 32.9 Å². The van der Waals surface area contributed by atoms with Crippen LogP contribution in [0.5, 0.6) is 11.5 Å². The summed E-state index contributed by atoms with van der Waals surface area (Å²) in [5.41, 5.74) is 3.36. The number of ether oxygens (including phenoxy) is 2. The number of methoxy groups -OCH3 is 1. The van der Waals surface area contributed by atoms with E-state index in [1.807, 2.05) is 63.2 Å². The first-order valence-corrected chi connectivity index (χ1v) is 12.2. The quantitative estimate of drug-likeness (QED) is 0.263. The maximum absolute atomic E-state index is 13.4. The minimum absolute atomic E-state index is 0.255. The van der Waals surface area contributed by atoms with Gasteiger partial charge in [-0.05, 0) is 92.6 Å². The number of aromatic nitrogens is 2. The van der Waals surface area contributed by atoms with Crippen molar-refractivity contribution >= 4 is 16.8 Å². The second-order valence-corrected chi connectivity index (χ2v) is 9.18. The van der Waals surface area contributed by atoms with Crippen molar-refractivity contribution in [2.24, 2.45) is 0 Å². The minimum Gasteiger partial charge on any atom is -0.497 e. The third kappa shape index (κ3) is 5.11. The third-order valence-corrected chi connectivity index (χ3v) is 6.50. The summed E-state index contributed by atoms with van der Waals surface area (Å²) in [7, 11) is 1.61. The van der Waals surface area contributed by atoms with Gasteiger partial charge in [-0.1, -0.05) is 12.1 Å². The number of benzene rings is 3. The molecule has 5 rings (SSSR count). The van der Waals surface area contributed by atoms with Gasteiger partial charge in [-0.3, -0.25) is 4.79 Å². The van der Waals surface area contributed by atoms with Crippen molar-refractivity contribution in [3.8, 4) is 17.2 Å². The van der Waals surface area contributed by atoms with Gasteiger partial charge in [-0.2, -0.15) is 5.10 Å². The van der Waals surface area contributed by atoms with Crippen LogP contribution in [0.1, 0.15) is 40.5 Å². The molecule has 5 aromatic rings. The summed E-state index contributed by atoms with van der Waals surface area (Å²) in [5, 5.41) is 8.34. The van der Waals surface area contributed by atoms with E-state index >= 15 is 0 Å². The summed E-state index contributed by atoms with van der Waals surface area (Å²) in [6, 6.07) is 20.7. The Labute approximate surface area is 219 Å². The molecule has 2 heterocycles. The summed E-state index contributed by atoms with van der Waals surface area (Å²) in [5.74, 6) is 1.63. The molecule has 0 bridgehead atoms. The number of carbonyl (C=O) groups excluding carboxylic acids is 1. The molecule has 38 heavy (non-hydrogen) atoms. The highest BCUT2D eigenvalue weighted by Crippen LogP contribution is 2.30. The van der Waals surface area contributed by atoms with Crippen LogP contribution in [0.3, 0.4) is 0 Å². The van der Waals surface area contributed by atoms with Crippen LogP contribution in [0.2, 0.25) is 0 Å². The minimum atomic E-state index is -0.532. The predicted molar refractivity (Wildman–Crippen MR) is 143 cm³/mol. The van der Waals surface area contributed by atoms with Crippen LogP contribution < -0.4 is 14.8 Å². The Morgan fingerprint density at radius 3 is 2.53 bits per heavy atom. The van der Waals surface area contributed by atoms with Crippen LogP contribution in [0, 0.1) is 19.7 Å². The third-order valence-electron chi connectivity index (χ3n) is 6.50. The second kappa shape index (κ2) is 10.4. The Hall–Kier alpha value is -4.59. The summed E-state index contributed by atoms with van der Waals surface area (Å²) >= 11 is 0. The van der Waals surface area contributed by atoms with Gasteiger partial charge < -0.3 is 19.2 Å². The number of nitrogens with zero attached hydrogens (tertiary/aromatic N) is 2. The number of aryl methyl sites for hydroxylation is 2. The molecule has 0 unspecified atom stereocenters. The van der Waals surface area contributed by atoms with E-state index in [0.717, 1.165) is 27.7 Å². The number of nitrogens with one attached hydrogen (secondary N) is 1. The fraction of sp³-hybridized carbons (Fsp3) is 0.200. The standard InChI is InChI=1S/C30H28FN3O4/c1-18-14-28(37-20(18)3)30(35)33-19(2)29(21-6-5-7-25(15-21)36-4)38-26-12-13-27-22(16-26)17-32-34(27)24-10-8-23(31)9-11-24/h5-17,19,29H,1-4H3,(H,33,35)/t19-,29-/m0/s1. The van der Waals surface area contributed by atoms with Crippen LogP contribution in [-0.4, -0.2) is 28.8 Å². The van der Waals surface area contributed by atoms with Crippen LogP contribution in [0.15, 0.2) is 83.4 Å². The van der Waals surface area contributed by atoms with E-state index in [1.165, 1.54) is 12.1 Å². The Balaban J connectivity index is 1.44. The smallest absolute Gasteiger partial charge is 0.287 e. The Bertz CT molecular complexity index is 1570. The molecule has 0 aliphatic heterocycles. The summed E-state index contributed by atoms with van der Waals surface area (Å²) in [6.07, 6.45) is 1.20. The molecule has 1 N–H and O–H groups in total. The molecule has 0 aliphatic rings. The maximum Gasteiger partial charge on any atom is 0.287 e. The zero-order valence-electron chi connectivity index (χ0n) is 21.6. The monoisotopic (exact) mass is 513 g/mol. The van der Waals surface area contributed by atoms with E-state index in [4.69, 9.17) is 13.9 Å². The zero-order chi connectivity index (χ0) is 26.8. The van der Waals surface area contributed by atoms with Crippen molar-refractivity contribution in [3.63, 3.8) is 0 Å². The Kier molecular flexibility index (Phi) is 6.87. The second-order valence-electron chi connectivity index (χ2n) is 9.18. The zero-order valence-corrected chi connectivity index (χ0v) is 21.6. The molecule has 1 amide bonds. The molecule has 0 fully saturated rings. The molecule has 0 aliphatic carbocycles. The highest BCUT2D eigenvalue weighted by Gasteiger charge is 2.26. The predicted octanol–water partition coefficient (Wildman–Crippen LogP) is 6.32. The molecular weight excluding hydrogens is 485 g/mol. The van der Waals surface area contributed by atoms with Gasteiger partial charge in [0.1, 0.15) is 29.2 Å². The lowest BCUT2D eigenvalue weighted by molar-refractivity contribution is 0.0853. The summed E-state index contributed by atoms with van der Waals surface area (Å²) in [6.45, 7) is 5.61. The number of amides is 1. The van der Waals surface area contributed by atoms with Crippen molar-refractivity contribution in [2.75, 3.05) is 7.11 Å². The van der Waals surface area contributed by atoms with Crippen LogP contribution in [-0.2, 0) is 0 Å². The molecule has 0 saturated heterocycles. The molecule has 194 valence electrons. The fourth-order valence-corrected chi connectivity index (χ4v) is 4.33. The maximum atomic E-state index is 13.4. The number of fused-ring (bicyclic) bond motifs is 1. The van der Waals surface area contributed by atoms with Gasteiger partial charge in [0.05, 0.1) is 30.6 Å². The van der Waals surface area contributed by atoms with Gasteiger partial charge in [0.25, 0.3) is 5.91 Å². The van der Waals surface area contributed by atoms with E-state index in [0.29, 0.717) is 17.3 Å². The molecule has 0 saturated carbocycles. The number of rotatable bonds is 8. The fourth-order valence-electron chi connectivity index (χ4n) is 4.33. The van der Waals surface area contributed by atoms with E-state index in [-0.39, 0.29) is 17.5 Å². The van der Waals surface area contributed by atoms with Crippen LogP contribution in [0.4, 0.5) is 4.39 Å². The summed E-state index contributed by atoms with van der Waals surface area (Å²) in [4.78, 5) is 12.9. The van der Waals surface area contributed by atoms with E-state index < -0.39 is 12.1 Å². The lowest BCUT2D eigenvalue weighted by atomic mass is 10.0. The molecule has 2 aromatic heterocycles. The molecule has 7 nitrogen and oxygen atoms in total. The summed E-state index contributed by atoms with van der Waals surface area (Å²) < 4.78 is 32.6. The van der Waals surface area contributed by atoms with E-state index in [1.54, 1.807) is 36.2 Å². The molecular formula is C30H28FN3O4. The first kappa shape index (κ1) is 25.1.